The van der Waals surface area contributed by atoms with Gasteiger partial charge in [0.15, 0.2) is 0 Å². The first-order valence-electron chi connectivity index (χ1n) is 8.94. The second-order valence-electron chi connectivity index (χ2n) is 7.58. The van der Waals surface area contributed by atoms with Crippen molar-refractivity contribution in [2.24, 2.45) is 0 Å². The highest BCUT2D eigenvalue weighted by molar-refractivity contribution is 6.59. The second-order valence-corrected chi connectivity index (χ2v) is 12.7. The van der Waals surface area contributed by atoms with Crippen molar-refractivity contribution >= 4 is 19.0 Å². The van der Waals surface area contributed by atoms with Crippen molar-refractivity contribution in [1.29, 1.82) is 0 Å². The van der Waals surface area contributed by atoms with Crippen LogP contribution in [0.2, 0.25) is 13.1 Å². The van der Waals surface area contributed by atoms with Crippen LogP contribution in [0.3, 0.4) is 0 Å². The van der Waals surface area contributed by atoms with E-state index in [2.05, 4.69) is 13.1 Å². The van der Waals surface area contributed by atoms with E-state index in [4.69, 9.17) is 9.47 Å². The quantitative estimate of drug-likeness (QED) is 0.754. The number of aliphatic hydroxyl groups is 1. The first-order valence-corrected chi connectivity index (χ1v) is 12.8. The number of rotatable bonds is 6. The van der Waals surface area contributed by atoms with Crippen molar-refractivity contribution in [3.05, 3.63) is 0 Å². The minimum absolute atomic E-state index is 0.163. The molecule has 2 saturated heterocycles. The molecule has 5 heteroatoms. The molecular weight excluding hydrogens is 296 g/mol. The smallest absolute Gasteiger partial charge is 0.0800 e. The van der Waals surface area contributed by atoms with E-state index in [9.17, 15) is 5.11 Å². The molecule has 124 valence electrons. The van der Waals surface area contributed by atoms with Gasteiger partial charge in [-0.3, -0.25) is 0 Å². The molecule has 0 saturated carbocycles. The SMILES string of the molecule is C[SiH](C)C1(C(O)CCCC2([SiH3])CCCCO2)CCCCO1. The lowest BCUT2D eigenvalue weighted by molar-refractivity contribution is -0.102. The molecule has 3 atom stereocenters. The van der Waals surface area contributed by atoms with Gasteiger partial charge >= 0.3 is 0 Å². The first-order chi connectivity index (χ1) is 9.99. The highest BCUT2D eigenvalue weighted by Crippen LogP contribution is 2.34. The van der Waals surface area contributed by atoms with Crippen molar-refractivity contribution in [3.8, 4) is 0 Å². The fourth-order valence-electron chi connectivity index (χ4n) is 4.04. The zero-order chi connectivity index (χ0) is 15.3. The van der Waals surface area contributed by atoms with Crippen molar-refractivity contribution in [3.63, 3.8) is 0 Å². The molecule has 0 bridgehead atoms. The molecule has 3 unspecified atom stereocenters. The standard InChI is InChI=1S/C16H34O3Si2/c1-21(2)16(11-4-6-13-19-16)14(17)8-7-10-15(20)9-3-5-12-18-15/h14,17,21H,3-13H2,1-2,20H3. The van der Waals surface area contributed by atoms with Gasteiger partial charge in [-0.25, -0.2) is 0 Å². The summed E-state index contributed by atoms with van der Waals surface area (Å²) in [7, 11) is 0.0789. The lowest BCUT2D eigenvalue weighted by Crippen LogP contribution is -2.56. The number of hydrogen-bond acceptors (Lipinski definition) is 3. The molecule has 2 aliphatic heterocycles. The summed E-state index contributed by atoms with van der Waals surface area (Å²) in [4.78, 5) is 0. The third kappa shape index (κ3) is 4.41. The number of ether oxygens (including phenoxy) is 2. The number of hydrogen-bond donors (Lipinski definition) is 1. The van der Waals surface area contributed by atoms with Crippen molar-refractivity contribution < 1.29 is 14.6 Å². The van der Waals surface area contributed by atoms with E-state index in [1.165, 1.54) is 25.7 Å². The molecule has 0 spiro atoms. The maximum Gasteiger partial charge on any atom is 0.0800 e. The van der Waals surface area contributed by atoms with Gasteiger partial charge in [0.2, 0.25) is 0 Å². The predicted molar refractivity (Wildman–Crippen MR) is 93.7 cm³/mol. The topological polar surface area (TPSA) is 38.7 Å². The third-order valence-corrected chi connectivity index (χ3v) is 9.69. The monoisotopic (exact) mass is 330 g/mol. The predicted octanol–water partition coefficient (Wildman–Crippen LogP) is 1.74. The van der Waals surface area contributed by atoms with Crippen LogP contribution in [0.25, 0.3) is 0 Å². The molecule has 2 aliphatic rings. The molecule has 2 rings (SSSR count). The van der Waals surface area contributed by atoms with Gasteiger partial charge in [0.25, 0.3) is 0 Å². The fourth-order valence-corrected chi connectivity index (χ4v) is 7.12. The highest BCUT2D eigenvalue weighted by Gasteiger charge is 2.43. The lowest BCUT2D eigenvalue weighted by Gasteiger charge is -2.44. The van der Waals surface area contributed by atoms with E-state index in [0.717, 1.165) is 55.6 Å². The van der Waals surface area contributed by atoms with Crippen molar-refractivity contribution in [2.75, 3.05) is 13.2 Å². The first kappa shape index (κ1) is 17.7. The Hall–Kier alpha value is 0.314. The Morgan fingerprint density at radius 3 is 2.29 bits per heavy atom. The Kier molecular flexibility index (Phi) is 6.50. The van der Waals surface area contributed by atoms with E-state index in [1.54, 1.807) is 0 Å². The van der Waals surface area contributed by atoms with Gasteiger partial charge in [0.1, 0.15) is 0 Å². The van der Waals surface area contributed by atoms with Gasteiger partial charge in [-0.05, 0) is 57.8 Å². The third-order valence-electron chi connectivity index (χ3n) is 5.61. The Balaban J connectivity index is 1.83. The Bertz CT molecular complexity index is 311. The van der Waals surface area contributed by atoms with E-state index < -0.39 is 8.80 Å². The maximum absolute atomic E-state index is 10.8. The van der Waals surface area contributed by atoms with Crippen LogP contribution in [0.15, 0.2) is 0 Å². The van der Waals surface area contributed by atoms with Gasteiger partial charge in [0.05, 0.1) is 20.1 Å². The maximum atomic E-state index is 10.8. The van der Waals surface area contributed by atoms with E-state index in [0.29, 0.717) is 0 Å². The van der Waals surface area contributed by atoms with Gasteiger partial charge in [-0.1, -0.05) is 13.1 Å². The Morgan fingerprint density at radius 1 is 1.10 bits per heavy atom. The molecule has 0 amide bonds. The molecule has 3 nitrogen and oxygen atoms in total. The summed E-state index contributed by atoms with van der Waals surface area (Å²) in [5.74, 6) is 0. The van der Waals surface area contributed by atoms with E-state index in [1.807, 2.05) is 0 Å². The molecule has 2 heterocycles. The summed E-state index contributed by atoms with van der Waals surface area (Å²) in [5.41, 5.74) is 0. The minimum atomic E-state index is -1.03. The van der Waals surface area contributed by atoms with Crippen LogP contribution < -0.4 is 0 Å². The average molecular weight is 331 g/mol. The van der Waals surface area contributed by atoms with Gasteiger partial charge < -0.3 is 14.6 Å². The van der Waals surface area contributed by atoms with Crippen LogP contribution in [-0.2, 0) is 9.47 Å². The molecular formula is C16H34O3Si2. The summed E-state index contributed by atoms with van der Waals surface area (Å²) in [5, 5.41) is 10.8. The van der Waals surface area contributed by atoms with Crippen molar-refractivity contribution in [2.45, 2.75) is 87.4 Å². The molecule has 21 heavy (non-hydrogen) atoms. The summed E-state index contributed by atoms with van der Waals surface area (Å²) in [6, 6.07) is 0. The summed E-state index contributed by atoms with van der Waals surface area (Å²) < 4.78 is 12.2. The van der Waals surface area contributed by atoms with Gasteiger partial charge in [0, 0.05) is 28.7 Å². The zero-order valence-electron chi connectivity index (χ0n) is 14.2. The Labute approximate surface area is 134 Å². The number of aliphatic hydroxyl groups excluding tert-OH is 1. The van der Waals surface area contributed by atoms with Crippen molar-refractivity contribution in [1.82, 2.24) is 0 Å². The van der Waals surface area contributed by atoms with Gasteiger partial charge in [-0.2, -0.15) is 0 Å². The zero-order valence-corrected chi connectivity index (χ0v) is 17.4. The normalized spacial score (nSPS) is 36.0. The highest BCUT2D eigenvalue weighted by atomic mass is 28.3. The van der Waals surface area contributed by atoms with Crippen LogP contribution in [-0.4, -0.2) is 53.9 Å². The molecule has 2 fully saturated rings. The van der Waals surface area contributed by atoms with Crippen LogP contribution in [0.4, 0.5) is 0 Å². The van der Waals surface area contributed by atoms with Crippen LogP contribution >= 0.6 is 0 Å². The van der Waals surface area contributed by atoms with E-state index >= 15 is 0 Å². The summed E-state index contributed by atoms with van der Waals surface area (Å²) in [6.45, 7) is 6.44. The second kappa shape index (κ2) is 7.73. The van der Waals surface area contributed by atoms with Gasteiger partial charge in [-0.15, -0.1) is 0 Å². The molecule has 0 aromatic carbocycles. The Morgan fingerprint density at radius 2 is 1.76 bits per heavy atom. The summed E-state index contributed by atoms with van der Waals surface area (Å²) in [6.07, 6.45) is 10.1. The van der Waals surface area contributed by atoms with Crippen LogP contribution in [0.1, 0.15) is 57.8 Å². The molecule has 0 radical (unpaired) electrons. The van der Waals surface area contributed by atoms with E-state index in [-0.39, 0.29) is 16.6 Å². The minimum Gasteiger partial charge on any atom is -0.390 e. The molecule has 1 N–H and O–H groups in total. The lowest BCUT2D eigenvalue weighted by atomic mass is 9.96. The van der Waals surface area contributed by atoms with Crippen LogP contribution in [0, 0.1) is 0 Å². The fraction of sp³-hybridized carbons (Fsp3) is 1.00. The largest absolute Gasteiger partial charge is 0.390 e. The van der Waals surface area contributed by atoms with Crippen LogP contribution in [0.5, 0.6) is 0 Å². The molecule has 0 aliphatic carbocycles. The molecule has 0 aromatic rings. The average Bonchev–Trinajstić information content (AvgIpc) is 2.48. The summed E-state index contributed by atoms with van der Waals surface area (Å²) >= 11 is 0. The molecule has 0 aromatic heterocycles.